The van der Waals surface area contributed by atoms with Gasteiger partial charge in [-0.2, -0.15) is 5.26 Å². The van der Waals surface area contributed by atoms with E-state index in [0.717, 1.165) is 24.3 Å². The second-order valence-electron chi connectivity index (χ2n) is 5.97. The van der Waals surface area contributed by atoms with E-state index in [1.165, 1.54) is 0 Å². The van der Waals surface area contributed by atoms with Crippen LogP contribution in [-0.4, -0.2) is 17.3 Å². The summed E-state index contributed by atoms with van der Waals surface area (Å²) in [7, 11) is 0. The van der Waals surface area contributed by atoms with Gasteiger partial charge in [-0.05, 0) is 32.8 Å². The first-order valence-corrected chi connectivity index (χ1v) is 6.84. The molecule has 1 aromatic rings. The Morgan fingerprint density at radius 2 is 2.11 bits per heavy atom. The Balaban J connectivity index is 2.39. The lowest BCUT2D eigenvalue weighted by Crippen LogP contribution is -2.51. The van der Waals surface area contributed by atoms with Gasteiger partial charge in [0.1, 0.15) is 11.9 Å². The molecular formula is C15H23N3O. The van der Waals surface area contributed by atoms with Gasteiger partial charge >= 0.3 is 0 Å². The maximum atomic E-state index is 9.21. The number of nitrogens with two attached hydrogens (primary N) is 1. The molecule has 0 spiro atoms. The summed E-state index contributed by atoms with van der Waals surface area (Å²) in [5.41, 5.74) is 8.93. The first kappa shape index (κ1) is 14.0. The van der Waals surface area contributed by atoms with Crippen LogP contribution in [0, 0.1) is 30.6 Å². The molecule has 1 aromatic heterocycles. The maximum absolute atomic E-state index is 9.21. The molecule has 0 aliphatic heterocycles. The molecule has 19 heavy (non-hydrogen) atoms. The second kappa shape index (κ2) is 4.57. The SMILES string of the molecule is CCOC1CC(n2c(C)c(C)c(C#N)c2N)C1(C)C. The Bertz CT molecular complexity index is 537. The number of nitrogens with zero attached hydrogens (tertiary/aromatic N) is 2. The van der Waals surface area contributed by atoms with Gasteiger partial charge in [0.2, 0.25) is 0 Å². The van der Waals surface area contributed by atoms with Crippen molar-refractivity contribution in [1.29, 1.82) is 5.26 Å². The molecule has 0 aromatic carbocycles. The fourth-order valence-corrected chi connectivity index (χ4v) is 3.18. The van der Waals surface area contributed by atoms with Crippen LogP contribution in [0.1, 0.15) is 50.1 Å². The molecule has 2 atom stereocenters. The van der Waals surface area contributed by atoms with Crippen LogP contribution in [0.3, 0.4) is 0 Å². The minimum absolute atomic E-state index is 0.0487. The minimum Gasteiger partial charge on any atom is -0.384 e. The summed E-state index contributed by atoms with van der Waals surface area (Å²) < 4.78 is 7.90. The number of hydrogen-bond donors (Lipinski definition) is 1. The molecule has 0 radical (unpaired) electrons. The smallest absolute Gasteiger partial charge is 0.122 e. The van der Waals surface area contributed by atoms with Crippen molar-refractivity contribution in [3.05, 3.63) is 16.8 Å². The van der Waals surface area contributed by atoms with Crippen molar-refractivity contribution in [2.24, 2.45) is 5.41 Å². The van der Waals surface area contributed by atoms with E-state index in [1.54, 1.807) is 0 Å². The Hall–Kier alpha value is -1.47. The van der Waals surface area contributed by atoms with Gasteiger partial charge in [0.05, 0.1) is 11.7 Å². The highest BCUT2D eigenvalue weighted by molar-refractivity contribution is 5.58. The van der Waals surface area contributed by atoms with E-state index in [9.17, 15) is 5.26 Å². The quantitative estimate of drug-likeness (QED) is 0.909. The fourth-order valence-electron chi connectivity index (χ4n) is 3.18. The van der Waals surface area contributed by atoms with Gasteiger partial charge < -0.3 is 15.0 Å². The highest BCUT2D eigenvalue weighted by Gasteiger charge is 2.50. The van der Waals surface area contributed by atoms with Gasteiger partial charge in [-0.1, -0.05) is 13.8 Å². The van der Waals surface area contributed by atoms with Crippen molar-refractivity contribution >= 4 is 5.82 Å². The Labute approximate surface area is 115 Å². The van der Waals surface area contributed by atoms with Crippen LogP contribution in [0.5, 0.6) is 0 Å². The fraction of sp³-hybridized carbons (Fsp3) is 0.667. The van der Waals surface area contributed by atoms with Crippen LogP contribution in [0.2, 0.25) is 0 Å². The predicted octanol–water partition coefficient (Wildman–Crippen LogP) is 2.93. The summed E-state index contributed by atoms with van der Waals surface area (Å²) in [5.74, 6) is 0.602. The molecule has 0 amide bonds. The Kier molecular flexibility index (Phi) is 3.36. The first-order valence-electron chi connectivity index (χ1n) is 6.84. The largest absolute Gasteiger partial charge is 0.384 e. The number of anilines is 1. The van der Waals surface area contributed by atoms with E-state index in [2.05, 4.69) is 24.5 Å². The van der Waals surface area contributed by atoms with Crippen LogP contribution in [-0.2, 0) is 4.74 Å². The van der Waals surface area contributed by atoms with Gasteiger partial charge in [-0.25, -0.2) is 0 Å². The molecule has 0 bridgehead atoms. The number of ether oxygens (including phenoxy) is 1. The lowest BCUT2D eigenvalue weighted by molar-refractivity contribution is -0.127. The molecule has 4 nitrogen and oxygen atoms in total. The van der Waals surface area contributed by atoms with Gasteiger partial charge in [-0.15, -0.1) is 0 Å². The molecule has 104 valence electrons. The van der Waals surface area contributed by atoms with E-state index < -0.39 is 0 Å². The summed E-state index contributed by atoms with van der Waals surface area (Å²) in [6.07, 6.45) is 1.24. The Morgan fingerprint density at radius 3 is 2.53 bits per heavy atom. The van der Waals surface area contributed by atoms with E-state index in [1.807, 2.05) is 20.8 Å². The minimum atomic E-state index is 0.0487. The predicted molar refractivity (Wildman–Crippen MR) is 75.9 cm³/mol. The number of hydrogen-bond acceptors (Lipinski definition) is 3. The molecule has 1 heterocycles. The summed E-state index contributed by atoms with van der Waals surface area (Å²) >= 11 is 0. The van der Waals surface area contributed by atoms with Crippen molar-refractivity contribution < 1.29 is 4.74 Å². The van der Waals surface area contributed by atoms with Crippen molar-refractivity contribution in [2.75, 3.05) is 12.3 Å². The molecule has 2 rings (SSSR count). The molecule has 0 saturated heterocycles. The highest BCUT2D eigenvalue weighted by atomic mass is 16.5. The van der Waals surface area contributed by atoms with Crippen molar-refractivity contribution in [1.82, 2.24) is 4.57 Å². The summed E-state index contributed by atoms with van der Waals surface area (Å²) in [4.78, 5) is 0. The van der Waals surface area contributed by atoms with Crippen molar-refractivity contribution in [3.63, 3.8) is 0 Å². The zero-order chi connectivity index (χ0) is 14.4. The normalized spacial score (nSPS) is 24.8. The second-order valence-corrected chi connectivity index (χ2v) is 5.97. The molecule has 1 aliphatic rings. The first-order chi connectivity index (χ1) is 8.86. The van der Waals surface area contributed by atoms with Crippen LogP contribution >= 0.6 is 0 Å². The van der Waals surface area contributed by atoms with Crippen LogP contribution in [0.25, 0.3) is 0 Å². The van der Waals surface area contributed by atoms with Gasteiger partial charge in [0.25, 0.3) is 0 Å². The highest BCUT2D eigenvalue weighted by Crippen LogP contribution is 2.53. The maximum Gasteiger partial charge on any atom is 0.122 e. The number of aromatic nitrogens is 1. The third-order valence-electron chi connectivity index (χ3n) is 4.71. The molecule has 1 fully saturated rings. The average Bonchev–Trinajstić information content (AvgIpc) is 2.56. The standard InChI is InChI=1S/C15H23N3O/c1-6-19-13-7-12(15(13,4)5)18-10(3)9(2)11(8-16)14(18)17/h12-13H,6-7,17H2,1-5H3. The summed E-state index contributed by atoms with van der Waals surface area (Å²) in [6, 6.07) is 2.52. The van der Waals surface area contributed by atoms with E-state index >= 15 is 0 Å². The summed E-state index contributed by atoms with van der Waals surface area (Å²) in [5, 5.41) is 9.21. The third kappa shape index (κ3) is 1.84. The van der Waals surface area contributed by atoms with Crippen LogP contribution in [0.15, 0.2) is 0 Å². The lowest BCUT2D eigenvalue weighted by Gasteiger charge is -2.52. The topological polar surface area (TPSA) is 64.0 Å². The number of rotatable bonds is 3. The Morgan fingerprint density at radius 1 is 1.47 bits per heavy atom. The molecular weight excluding hydrogens is 238 g/mol. The van der Waals surface area contributed by atoms with Crippen LogP contribution in [0.4, 0.5) is 5.82 Å². The van der Waals surface area contributed by atoms with Gasteiger partial charge in [-0.3, -0.25) is 0 Å². The molecule has 1 saturated carbocycles. The van der Waals surface area contributed by atoms with Crippen LogP contribution < -0.4 is 5.73 Å². The molecule has 2 N–H and O–H groups in total. The van der Waals surface area contributed by atoms with Crippen molar-refractivity contribution in [3.8, 4) is 6.07 Å². The lowest BCUT2D eigenvalue weighted by atomic mass is 9.64. The average molecular weight is 261 g/mol. The van der Waals surface area contributed by atoms with Gasteiger partial charge in [0, 0.05) is 23.8 Å². The number of nitriles is 1. The zero-order valence-electron chi connectivity index (χ0n) is 12.4. The van der Waals surface area contributed by atoms with Gasteiger partial charge in [0.15, 0.2) is 0 Å². The van der Waals surface area contributed by atoms with E-state index in [4.69, 9.17) is 10.5 Å². The molecule has 4 heteroatoms. The van der Waals surface area contributed by atoms with E-state index in [0.29, 0.717) is 17.4 Å². The number of nitrogen functional groups attached to an aromatic ring is 1. The zero-order valence-corrected chi connectivity index (χ0v) is 12.4. The van der Waals surface area contributed by atoms with E-state index in [-0.39, 0.29) is 11.5 Å². The van der Waals surface area contributed by atoms with Crippen molar-refractivity contribution in [2.45, 2.75) is 53.2 Å². The monoisotopic (exact) mass is 261 g/mol. The molecule has 2 unspecified atom stereocenters. The molecule has 1 aliphatic carbocycles. The summed E-state index contributed by atoms with van der Waals surface area (Å²) in [6.45, 7) is 11.2. The third-order valence-corrected chi connectivity index (χ3v) is 4.71.